The monoisotopic (exact) mass is 302 g/mol. The Balaban J connectivity index is 2.57. The fourth-order valence-electron chi connectivity index (χ4n) is 1.44. The molecule has 8 nitrogen and oxygen atoms in total. The van der Waals surface area contributed by atoms with Crippen LogP contribution in [-0.2, 0) is 14.8 Å². The van der Waals surface area contributed by atoms with Crippen molar-refractivity contribution in [3.63, 3.8) is 0 Å². The van der Waals surface area contributed by atoms with Crippen molar-refractivity contribution in [2.24, 2.45) is 0 Å². The predicted octanol–water partition coefficient (Wildman–Crippen LogP) is -0.198. The van der Waals surface area contributed by atoms with E-state index in [4.69, 9.17) is 5.73 Å². The van der Waals surface area contributed by atoms with Crippen molar-refractivity contribution in [1.29, 1.82) is 0 Å². The zero-order valence-corrected chi connectivity index (χ0v) is 12.2. The van der Waals surface area contributed by atoms with Crippen molar-refractivity contribution in [2.45, 2.75) is 6.42 Å². The molecule has 0 bridgehead atoms. The number of aromatic nitrogens is 1. The van der Waals surface area contributed by atoms with Crippen LogP contribution < -0.4 is 15.8 Å². The van der Waals surface area contributed by atoms with Crippen LogP contribution in [0.3, 0.4) is 0 Å². The Morgan fingerprint density at radius 3 is 2.75 bits per heavy atom. The zero-order valence-electron chi connectivity index (χ0n) is 11.3. The Morgan fingerprint density at radius 2 is 2.15 bits per heavy atom. The zero-order chi connectivity index (χ0) is 15.2. The Morgan fingerprint density at radius 1 is 1.45 bits per heavy atom. The number of hydrogen-bond acceptors (Lipinski definition) is 7. The molecule has 0 fully saturated rings. The smallest absolute Gasteiger partial charge is 0.341 e. The van der Waals surface area contributed by atoms with E-state index in [0.717, 1.165) is 6.26 Å². The number of nitrogens with two attached hydrogens (primary N) is 1. The van der Waals surface area contributed by atoms with Crippen molar-refractivity contribution < 1.29 is 17.9 Å². The average Bonchev–Trinajstić information content (AvgIpc) is 2.37. The molecule has 112 valence electrons. The summed E-state index contributed by atoms with van der Waals surface area (Å²) in [5, 5.41) is 2.94. The van der Waals surface area contributed by atoms with Crippen LogP contribution in [0.5, 0.6) is 0 Å². The summed E-state index contributed by atoms with van der Waals surface area (Å²) in [6.07, 6.45) is 3.06. The quantitative estimate of drug-likeness (QED) is 0.471. The van der Waals surface area contributed by atoms with Crippen LogP contribution in [0.4, 0.5) is 11.5 Å². The first-order valence-electron chi connectivity index (χ1n) is 5.86. The number of sulfonamides is 1. The molecule has 9 heteroatoms. The number of nitrogens with zero attached hydrogens (tertiary/aromatic N) is 1. The molecule has 0 aliphatic rings. The summed E-state index contributed by atoms with van der Waals surface area (Å²) in [7, 11) is -1.92. The summed E-state index contributed by atoms with van der Waals surface area (Å²) in [6, 6.07) is 1.47. The van der Waals surface area contributed by atoms with Crippen LogP contribution in [-0.4, -0.2) is 45.8 Å². The molecular formula is C11H18N4O4S. The average molecular weight is 302 g/mol. The number of rotatable bonds is 7. The summed E-state index contributed by atoms with van der Waals surface area (Å²) in [6.45, 7) is 0.748. The third-order valence-corrected chi connectivity index (χ3v) is 3.05. The van der Waals surface area contributed by atoms with Gasteiger partial charge in [-0.3, -0.25) is 0 Å². The number of ether oxygens (including phenoxy) is 1. The third-order valence-electron chi connectivity index (χ3n) is 2.32. The van der Waals surface area contributed by atoms with Crippen molar-refractivity contribution in [3.8, 4) is 0 Å². The molecular weight excluding hydrogens is 284 g/mol. The van der Waals surface area contributed by atoms with Crippen molar-refractivity contribution in [3.05, 3.63) is 17.8 Å². The van der Waals surface area contributed by atoms with E-state index in [1.54, 1.807) is 0 Å². The van der Waals surface area contributed by atoms with Crippen LogP contribution in [0.2, 0.25) is 0 Å². The van der Waals surface area contributed by atoms with Crippen molar-refractivity contribution in [2.75, 3.05) is 37.5 Å². The molecule has 0 spiro atoms. The van der Waals surface area contributed by atoms with E-state index in [9.17, 15) is 13.2 Å². The van der Waals surface area contributed by atoms with Crippen LogP contribution in [0.1, 0.15) is 16.8 Å². The van der Waals surface area contributed by atoms with E-state index in [-0.39, 0.29) is 5.56 Å². The normalized spacial score (nSPS) is 11.1. The second kappa shape index (κ2) is 7.06. The number of anilines is 2. The van der Waals surface area contributed by atoms with Crippen LogP contribution >= 0.6 is 0 Å². The standard InChI is InChI=1S/C11H18N4O4S/c1-19-11(16)9-6-8(12)7-14-10(9)13-4-3-5-15-20(2,17)18/h6-7,15H,3-5,12H2,1-2H3,(H,13,14). The van der Waals surface area contributed by atoms with Crippen molar-refractivity contribution in [1.82, 2.24) is 9.71 Å². The number of esters is 1. The largest absolute Gasteiger partial charge is 0.465 e. The molecule has 0 aliphatic carbocycles. The summed E-state index contributed by atoms with van der Waals surface area (Å²) in [4.78, 5) is 15.6. The first-order chi connectivity index (χ1) is 9.33. The Bertz CT molecular complexity index is 574. The molecule has 0 atom stereocenters. The molecule has 0 saturated carbocycles. The molecule has 0 aromatic carbocycles. The maximum atomic E-state index is 11.6. The summed E-state index contributed by atoms with van der Waals surface area (Å²) in [5.74, 6) is -0.188. The van der Waals surface area contributed by atoms with Gasteiger partial charge in [-0.2, -0.15) is 0 Å². The van der Waals surface area contributed by atoms with Gasteiger partial charge in [-0.05, 0) is 12.5 Å². The number of hydrogen-bond donors (Lipinski definition) is 3. The lowest BCUT2D eigenvalue weighted by molar-refractivity contribution is 0.0601. The minimum Gasteiger partial charge on any atom is -0.465 e. The van der Waals surface area contributed by atoms with Crippen LogP contribution in [0.25, 0.3) is 0 Å². The maximum Gasteiger partial charge on any atom is 0.341 e. The molecule has 0 amide bonds. The van der Waals surface area contributed by atoms with Gasteiger partial charge in [0, 0.05) is 13.1 Å². The van der Waals surface area contributed by atoms with Gasteiger partial charge in [0.25, 0.3) is 0 Å². The highest BCUT2D eigenvalue weighted by Gasteiger charge is 2.13. The van der Waals surface area contributed by atoms with Gasteiger partial charge in [0.1, 0.15) is 11.4 Å². The number of pyridine rings is 1. The molecule has 4 N–H and O–H groups in total. The second-order valence-electron chi connectivity index (χ2n) is 4.10. The molecule has 1 aromatic rings. The second-order valence-corrected chi connectivity index (χ2v) is 5.94. The van der Waals surface area contributed by atoms with E-state index >= 15 is 0 Å². The fraction of sp³-hybridized carbons (Fsp3) is 0.455. The number of nitrogen functional groups attached to an aromatic ring is 1. The minimum atomic E-state index is -3.18. The van der Waals surface area contributed by atoms with Gasteiger partial charge in [-0.1, -0.05) is 0 Å². The number of methoxy groups -OCH3 is 1. The first kappa shape index (κ1) is 16.2. The Hall–Kier alpha value is -1.87. The molecule has 1 aromatic heterocycles. The molecule has 0 saturated heterocycles. The van der Waals surface area contributed by atoms with Gasteiger partial charge in [-0.25, -0.2) is 22.9 Å². The molecule has 0 radical (unpaired) electrons. The van der Waals surface area contributed by atoms with E-state index in [1.165, 1.54) is 19.4 Å². The highest BCUT2D eigenvalue weighted by Crippen LogP contribution is 2.16. The van der Waals surface area contributed by atoms with E-state index in [2.05, 4.69) is 19.8 Å². The van der Waals surface area contributed by atoms with Gasteiger partial charge in [0.2, 0.25) is 10.0 Å². The molecule has 1 heterocycles. The Labute approximate surface area is 117 Å². The molecule has 0 aliphatic heterocycles. The van der Waals surface area contributed by atoms with Crippen LogP contribution in [0, 0.1) is 0 Å². The van der Waals surface area contributed by atoms with Crippen LogP contribution in [0.15, 0.2) is 12.3 Å². The van der Waals surface area contributed by atoms with Crippen molar-refractivity contribution >= 4 is 27.5 Å². The third kappa shape index (κ3) is 5.41. The van der Waals surface area contributed by atoms with Gasteiger partial charge in [-0.15, -0.1) is 0 Å². The highest BCUT2D eigenvalue weighted by molar-refractivity contribution is 7.88. The summed E-state index contributed by atoms with van der Waals surface area (Å²) in [5.41, 5.74) is 6.17. The van der Waals surface area contributed by atoms with Gasteiger partial charge in [0.15, 0.2) is 0 Å². The summed E-state index contributed by atoms with van der Waals surface area (Å²) < 4.78 is 28.7. The SMILES string of the molecule is COC(=O)c1cc(N)cnc1NCCCNS(C)(=O)=O. The number of carbonyl (C=O) groups is 1. The lowest BCUT2D eigenvalue weighted by Gasteiger charge is -2.10. The molecule has 20 heavy (non-hydrogen) atoms. The molecule has 1 rings (SSSR count). The van der Waals surface area contributed by atoms with E-state index in [0.29, 0.717) is 31.0 Å². The lowest BCUT2D eigenvalue weighted by atomic mass is 10.2. The maximum absolute atomic E-state index is 11.6. The van der Waals surface area contributed by atoms with Gasteiger partial charge < -0.3 is 15.8 Å². The minimum absolute atomic E-state index is 0.239. The Kier molecular flexibility index (Phi) is 5.71. The number of nitrogens with one attached hydrogen (secondary N) is 2. The fourth-order valence-corrected chi connectivity index (χ4v) is 1.96. The first-order valence-corrected chi connectivity index (χ1v) is 7.75. The number of carbonyl (C=O) groups excluding carboxylic acids is 1. The van der Waals surface area contributed by atoms with Gasteiger partial charge in [0.05, 0.1) is 25.2 Å². The highest BCUT2D eigenvalue weighted by atomic mass is 32.2. The topological polar surface area (TPSA) is 123 Å². The lowest BCUT2D eigenvalue weighted by Crippen LogP contribution is -2.24. The van der Waals surface area contributed by atoms with Gasteiger partial charge >= 0.3 is 5.97 Å². The van der Waals surface area contributed by atoms with E-state index in [1.807, 2.05) is 0 Å². The summed E-state index contributed by atoms with van der Waals surface area (Å²) >= 11 is 0. The van der Waals surface area contributed by atoms with E-state index < -0.39 is 16.0 Å². The predicted molar refractivity (Wildman–Crippen MR) is 75.9 cm³/mol. The molecule has 0 unspecified atom stereocenters.